The van der Waals surface area contributed by atoms with Gasteiger partial charge in [0.05, 0.1) is 26.9 Å². The summed E-state index contributed by atoms with van der Waals surface area (Å²) in [5.74, 6) is -0.330. The van der Waals surface area contributed by atoms with E-state index in [9.17, 15) is 14.7 Å². The van der Waals surface area contributed by atoms with Crippen LogP contribution in [0.15, 0.2) is 34.0 Å². The van der Waals surface area contributed by atoms with Gasteiger partial charge in [0.15, 0.2) is 5.43 Å². The van der Waals surface area contributed by atoms with Crippen LogP contribution in [-0.2, 0) is 16.1 Å². The largest absolute Gasteiger partial charge is 0.480 e. The molecule has 0 saturated heterocycles. The zero-order chi connectivity index (χ0) is 21.6. The number of anilines is 1. The number of rotatable bonds is 6. The normalized spacial score (nSPS) is 18.5. The molecule has 1 aliphatic carbocycles. The number of fused-ring (bicyclic) bond motifs is 2. The number of hydrogen-bond donors (Lipinski definition) is 1. The SMILES string of the molecule is COC1CC(N(C)c2ccc3c(=O)c4ccc(Cl)c(SC)c4n(CC(=O)O)c3n2)C1. The number of thioether (sulfide) groups is 1. The second-order valence-electron chi connectivity index (χ2n) is 7.42. The molecule has 1 saturated carbocycles. The summed E-state index contributed by atoms with van der Waals surface area (Å²) < 4.78 is 6.95. The molecule has 4 rings (SSSR count). The third-order valence-corrected chi connectivity index (χ3v) is 7.02. The van der Waals surface area contributed by atoms with Crippen LogP contribution in [0, 0.1) is 0 Å². The van der Waals surface area contributed by atoms with E-state index in [1.165, 1.54) is 11.8 Å². The summed E-state index contributed by atoms with van der Waals surface area (Å²) in [7, 11) is 3.66. The van der Waals surface area contributed by atoms with Crippen molar-refractivity contribution in [1.29, 1.82) is 0 Å². The standard InChI is InChI=1S/C21H22ClN3O4S/c1-24(11-8-12(9-11)29-2)16-7-5-14-19(28)13-4-6-15(22)20(30-3)18(13)25(10-17(26)27)21(14)23-16/h4-7,11-12H,8-10H2,1-3H3,(H,26,27). The van der Waals surface area contributed by atoms with Crippen molar-refractivity contribution in [3.8, 4) is 0 Å². The number of ether oxygens (including phenoxy) is 1. The molecule has 3 aromatic rings. The van der Waals surface area contributed by atoms with Gasteiger partial charge in [0.1, 0.15) is 18.0 Å². The molecule has 1 aromatic carbocycles. The van der Waals surface area contributed by atoms with Gasteiger partial charge in [-0.1, -0.05) is 11.6 Å². The van der Waals surface area contributed by atoms with Crippen molar-refractivity contribution in [2.75, 3.05) is 25.3 Å². The molecule has 2 heterocycles. The van der Waals surface area contributed by atoms with Crippen LogP contribution in [0.25, 0.3) is 21.9 Å². The smallest absolute Gasteiger partial charge is 0.323 e. The van der Waals surface area contributed by atoms with Gasteiger partial charge in [0.25, 0.3) is 0 Å². The minimum atomic E-state index is -1.02. The van der Waals surface area contributed by atoms with Gasteiger partial charge in [-0.2, -0.15) is 0 Å². The second kappa shape index (κ2) is 8.09. The average molecular weight is 448 g/mol. The number of carboxylic acids is 1. The highest BCUT2D eigenvalue weighted by molar-refractivity contribution is 7.99. The molecule has 0 unspecified atom stereocenters. The highest BCUT2D eigenvalue weighted by Crippen LogP contribution is 2.35. The topological polar surface area (TPSA) is 84.7 Å². The van der Waals surface area contributed by atoms with E-state index in [1.54, 1.807) is 29.9 Å². The van der Waals surface area contributed by atoms with E-state index in [2.05, 4.69) is 4.90 Å². The molecule has 0 amide bonds. The molecule has 1 fully saturated rings. The van der Waals surface area contributed by atoms with E-state index >= 15 is 0 Å². The zero-order valence-corrected chi connectivity index (χ0v) is 18.5. The Hall–Kier alpha value is -2.29. The van der Waals surface area contributed by atoms with Crippen LogP contribution >= 0.6 is 23.4 Å². The van der Waals surface area contributed by atoms with Gasteiger partial charge >= 0.3 is 5.97 Å². The molecule has 30 heavy (non-hydrogen) atoms. The van der Waals surface area contributed by atoms with E-state index < -0.39 is 5.97 Å². The van der Waals surface area contributed by atoms with Gasteiger partial charge in [-0.25, -0.2) is 4.98 Å². The highest BCUT2D eigenvalue weighted by Gasteiger charge is 2.33. The number of pyridine rings is 2. The van der Waals surface area contributed by atoms with Gasteiger partial charge < -0.3 is 19.3 Å². The number of carbonyl (C=O) groups is 1. The molecule has 7 nitrogen and oxygen atoms in total. The molecule has 1 aliphatic rings. The molecule has 2 aromatic heterocycles. The fourth-order valence-corrected chi connectivity index (χ4v) is 5.04. The van der Waals surface area contributed by atoms with Crippen molar-refractivity contribution in [1.82, 2.24) is 9.55 Å². The zero-order valence-electron chi connectivity index (χ0n) is 16.9. The van der Waals surface area contributed by atoms with Crippen molar-refractivity contribution in [2.45, 2.75) is 36.4 Å². The Kier molecular flexibility index (Phi) is 5.65. The molecule has 1 N–H and O–H groups in total. The van der Waals surface area contributed by atoms with Gasteiger partial charge in [0.2, 0.25) is 0 Å². The summed E-state index contributed by atoms with van der Waals surface area (Å²) in [6.07, 6.45) is 3.90. The van der Waals surface area contributed by atoms with E-state index in [4.69, 9.17) is 21.3 Å². The molecule has 0 aliphatic heterocycles. The lowest BCUT2D eigenvalue weighted by molar-refractivity contribution is -0.137. The summed E-state index contributed by atoms with van der Waals surface area (Å²) in [6.45, 7) is -0.323. The molecule has 0 bridgehead atoms. The third kappa shape index (κ3) is 3.42. The average Bonchev–Trinajstić information content (AvgIpc) is 2.69. The first-order valence-electron chi connectivity index (χ1n) is 9.52. The molecule has 9 heteroatoms. The molecular weight excluding hydrogens is 426 g/mol. The lowest BCUT2D eigenvalue weighted by Crippen LogP contribution is -2.46. The summed E-state index contributed by atoms with van der Waals surface area (Å²) in [5.41, 5.74) is 0.670. The molecule has 0 spiro atoms. The quantitative estimate of drug-likeness (QED) is 0.456. The number of aromatic nitrogens is 2. The van der Waals surface area contributed by atoms with Crippen LogP contribution in [0.4, 0.5) is 5.82 Å². The van der Waals surface area contributed by atoms with Crippen LogP contribution in [0.1, 0.15) is 12.8 Å². The molecule has 158 valence electrons. The fraction of sp³-hybridized carbons (Fsp3) is 0.381. The predicted octanol–water partition coefficient (Wildman–Crippen LogP) is 3.62. The van der Waals surface area contributed by atoms with Gasteiger partial charge in [-0.15, -0.1) is 11.8 Å². The Morgan fingerprint density at radius 2 is 2.03 bits per heavy atom. The lowest BCUT2D eigenvalue weighted by Gasteiger charge is -2.40. The maximum absolute atomic E-state index is 13.2. The summed E-state index contributed by atoms with van der Waals surface area (Å²) in [4.78, 5) is 32.3. The number of hydrogen-bond acceptors (Lipinski definition) is 6. The van der Waals surface area contributed by atoms with Gasteiger partial charge in [-0.05, 0) is 43.4 Å². The van der Waals surface area contributed by atoms with Crippen molar-refractivity contribution >= 4 is 57.1 Å². The van der Waals surface area contributed by atoms with Crippen LogP contribution in [0.5, 0.6) is 0 Å². The maximum Gasteiger partial charge on any atom is 0.323 e. The predicted molar refractivity (Wildman–Crippen MR) is 120 cm³/mol. The Morgan fingerprint density at radius 1 is 1.33 bits per heavy atom. The first kappa shape index (κ1) is 21.0. The first-order chi connectivity index (χ1) is 14.3. The van der Waals surface area contributed by atoms with Gasteiger partial charge in [0, 0.05) is 25.6 Å². The molecule has 0 atom stereocenters. The van der Waals surface area contributed by atoms with Crippen LogP contribution in [-0.4, -0.2) is 53.2 Å². The summed E-state index contributed by atoms with van der Waals surface area (Å²) in [6, 6.07) is 7.15. The number of nitrogens with zero attached hydrogens (tertiary/aromatic N) is 3. The minimum Gasteiger partial charge on any atom is -0.480 e. The third-order valence-electron chi connectivity index (χ3n) is 5.77. The monoisotopic (exact) mass is 447 g/mol. The fourth-order valence-electron chi connectivity index (χ4n) is 3.98. The number of carboxylic acid groups (broad SMARTS) is 1. The highest BCUT2D eigenvalue weighted by atomic mass is 35.5. The number of halogens is 1. The van der Waals surface area contributed by atoms with Crippen LogP contribution in [0.2, 0.25) is 5.02 Å². The number of aliphatic carboxylic acids is 1. The Bertz CT molecular complexity index is 1210. The van der Waals surface area contributed by atoms with E-state index in [1.807, 2.05) is 19.4 Å². The van der Waals surface area contributed by atoms with Crippen molar-refractivity contribution in [3.05, 3.63) is 39.5 Å². The van der Waals surface area contributed by atoms with E-state index in [0.29, 0.717) is 37.7 Å². The van der Waals surface area contributed by atoms with Crippen LogP contribution in [0.3, 0.4) is 0 Å². The maximum atomic E-state index is 13.2. The van der Waals surface area contributed by atoms with E-state index in [0.717, 1.165) is 12.8 Å². The summed E-state index contributed by atoms with van der Waals surface area (Å²) >= 11 is 7.75. The number of methoxy groups -OCH3 is 1. The van der Waals surface area contributed by atoms with Crippen molar-refractivity contribution in [2.24, 2.45) is 0 Å². The Balaban J connectivity index is 1.97. The van der Waals surface area contributed by atoms with E-state index in [-0.39, 0.29) is 24.1 Å². The summed E-state index contributed by atoms with van der Waals surface area (Å²) in [5, 5.41) is 10.9. The first-order valence-corrected chi connectivity index (χ1v) is 11.1. The minimum absolute atomic E-state index is 0.182. The number of benzene rings is 1. The molecule has 0 radical (unpaired) electrons. The van der Waals surface area contributed by atoms with Crippen molar-refractivity contribution < 1.29 is 14.6 Å². The molecular formula is C21H22ClN3O4S. The van der Waals surface area contributed by atoms with Crippen LogP contribution < -0.4 is 10.3 Å². The Labute approximate surface area is 182 Å². The van der Waals surface area contributed by atoms with Crippen molar-refractivity contribution in [3.63, 3.8) is 0 Å². The lowest BCUT2D eigenvalue weighted by atomic mass is 9.88. The van der Waals surface area contributed by atoms with Gasteiger partial charge in [-0.3, -0.25) is 9.59 Å². The second-order valence-corrected chi connectivity index (χ2v) is 8.64. The Morgan fingerprint density at radius 3 is 2.67 bits per heavy atom.